The second kappa shape index (κ2) is 5.90. The molecule has 0 aliphatic carbocycles. The lowest BCUT2D eigenvalue weighted by Crippen LogP contribution is -1.92. The predicted octanol–water partition coefficient (Wildman–Crippen LogP) is 3.51. The first-order chi connectivity index (χ1) is 6.33. The van der Waals surface area contributed by atoms with Gasteiger partial charge in [-0.2, -0.15) is 0 Å². The van der Waals surface area contributed by atoms with E-state index >= 15 is 0 Å². The quantitative estimate of drug-likeness (QED) is 0.553. The molecule has 0 saturated heterocycles. The molecule has 0 fully saturated rings. The summed E-state index contributed by atoms with van der Waals surface area (Å²) in [4.78, 5) is 0. The van der Waals surface area contributed by atoms with E-state index in [4.69, 9.17) is 27.9 Å². The van der Waals surface area contributed by atoms with Crippen LogP contribution in [-0.4, -0.2) is 12.5 Å². The Morgan fingerprint density at radius 3 is 2.46 bits per heavy atom. The van der Waals surface area contributed by atoms with Crippen molar-refractivity contribution in [1.82, 2.24) is 0 Å². The number of rotatable bonds is 4. The van der Waals surface area contributed by atoms with Crippen LogP contribution in [0.4, 0.5) is 0 Å². The Hall–Kier alpha value is -0.660. The van der Waals surface area contributed by atoms with Crippen LogP contribution in [0.1, 0.15) is 0 Å². The van der Waals surface area contributed by atoms with Crippen molar-refractivity contribution < 1.29 is 4.74 Å². The second-order valence-electron chi connectivity index (χ2n) is 2.39. The lowest BCUT2D eigenvalue weighted by molar-refractivity contribution is 0.363. The van der Waals surface area contributed by atoms with Crippen LogP contribution in [0.5, 0.6) is 5.75 Å². The molecule has 1 nitrogen and oxygen atoms in total. The summed E-state index contributed by atoms with van der Waals surface area (Å²) in [5.41, 5.74) is 0. The van der Waals surface area contributed by atoms with Gasteiger partial charge in [-0.3, -0.25) is 0 Å². The van der Waals surface area contributed by atoms with Crippen molar-refractivity contribution >= 4 is 23.2 Å². The number of benzene rings is 1. The summed E-state index contributed by atoms with van der Waals surface area (Å²) >= 11 is 11.2. The van der Waals surface area contributed by atoms with Gasteiger partial charge in [-0.25, -0.2) is 0 Å². The van der Waals surface area contributed by atoms with Crippen LogP contribution in [0, 0.1) is 0 Å². The molecule has 0 aliphatic rings. The molecule has 13 heavy (non-hydrogen) atoms. The number of ether oxygens (including phenoxy) is 1. The summed E-state index contributed by atoms with van der Waals surface area (Å²) in [6, 6.07) is 7.25. The molecule has 0 bridgehead atoms. The van der Waals surface area contributed by atoms with Crippen LogP contribution in [0.25, 0.3) is 0 Å². The van der Waals surface area contributed by atoms with Crippen LogP contribution in [0.3, 0.4) is 0 Å². The fourth-order valence-electron chi connectivity index (χ4n) is 0.806. The molecule has 0 aromatic heterocycles. The average Bonchev–Trinajstić information content (AvgIpc) is 2.15. The van der Waals surface area contributed by atoms with Crippen molar-refractivity contribution in [3.8, 4) is 5.75 Å². The molecular weight excluding hydrogens is 207 g/mol. The topological polar surface area (TPSA) is 9.23 Å². The summed E-state index contributed by atoms with van der Waals surface area (Å²) in [6.45, 7) is 0.536. The first-order valence-corrected chi connectivity index (χ1v) is 4.83. The fourth-order valence-corrected chi connectivity index (χ4v) is 1.06. The second-order valence-corrected chi connectivity index (χ2v) is 3.14. The molecule has 0 atom stereocenters. The molecule has 0 saturated carbocycles. The maximum Gasteiger partial charge on any atom is 0.119 e. The highest BCUT2D eigenvalue weighted by molar-refractivity contribution is 6.30. The van der Waals surface area contributed by atoms with Gasteiger partial charge in [0.25, 0.3) is 0 Å². The van der Waals surface area contributed by atoms with Crippen molar-refractivity contribution in [2.75, 3.05) is 12.5 Å². The molecule has 70 valence electrons. The molecule has 0 spiro atoms. The van der Waals surface area contributed by atoms with Crippen LogP contribution in [0.2, 0.25) is 5.02 Å². The van der Waals surface area contributed by atoms with E-state index in [-0.39, 0.29) is 0 Å². The minimum absolute atomic E-state index is 0.518. The molecule has 0 N–H and O–H groups in total. The van der Waals surface area contributed by atoms with E-state index < -0.39 is 0 Å². The Labute approximate surface area is 87.9 Å². The van der Waals surface area contributed by atoms with E-state index in [1.54, 1.807) is 12.1 Å². The van der Waals surface area contributed by atoms with Gasteiger partial charge in [0.2, 0.25) is 0 Å². The van der Waals surface area contributed by atoms with E-state index in [0.717, 1.165) is 5.75 Å². The van der Waals surface area contributed by atoms with Crippen LogP contribution in [-0.2, 0) is 0 Å². The van der Waals surface area contributed by atoms with Gasteiger partial charge in [-0.15, -0.1) is 11.6 Å². The first kappa shape index (κ1) is 10.4. The Bertz CT molecular complexity index is 267. The highest BCUT2D eigenvalue weighted by Gasteiger charge is 1.90. The van der Waals surface area contributed by atoms with E-state index in [9.17, 15) is 0 Å². The summed E-state index contributed by atoms with van der Waals surface area (Å²) in [6.07, 6.45) is 3.72. The van der Waals surface area contributed by atoms with Crippen molar-refractivity contribution in [1.29, 1.82) is 0 Å². The van der Waals surface area contributed by atoms with Crippen molar-refractivity contribution in [2.45, 2.75) is 0 Å². The van der Waals surface area contributed by atoms with Gasteiger partial charge in [0.05, 0.1) is 0 Å². The van der Waals surface area contributed by atoms with Gasteiger partial charge >= 0.3 is 0 Å². The smallest absolute Gasteiger partial charge is 0.119 e. The standard InChI is InChI=1S/C10H10Cl2O/c11-7-1-2-8-13-10-5-3-9(12)4-6-10/h1-6H,7-8H2/b2-1+. The van der Waals surface area contributed by atoms with Crippen molar-refractivity contribution in [3.05, 3.63) is 41.4 Å². The zero-order valence-electron chi connectivity index (χ0n) is 7.04. The Balaban J connectivity index is 2.37. The maximum absolute atomic E-state index is 5.71. The van der Waals surface area contributed by atoms with Crippen LogP contribution >= 0.6 is 23.2 Å². The van der Waals surface area contributed by atoms with Gasteiger partial charge in [0.1, 0.15) is 12.4 Å². The van der Waals surface area contributed by atoms with Crippen LogP contribution in [0.15, 0.2) is 36.4 Å². The Kier molecular flexibility index (Phi) is 4.73. The molecule has 0 unspecified atom stereocenters. The molecule has 0 aliphatic heterocycles. The molecule has 1 rings (SSSR count). The van der Waals surface area contributed by atoms with Gasteiger partial charge in [-0.05, 0) is 24.3 Å². The summed E-state index contributed by atoms with van der Waals surface area (Å²) in [7, 11) is 0. The molecule has 0 heterocycles. The minimum Gasteiger partial charge on any atom is -0.490 e. The van der Waals surface area contributed by atoms with Gasteiger partial charge < -0.3 is 4.74 Å². The SMILES string of the molecule is ClC/C=C/COc1ccc(Cl)cc1. The minimum atomic E-state index is 0.518. The maximum atomic E-state index is 5.71. The van der Waals surface area contributed by atoms with E-state index in [0.29, 0.717) is 17.5 Å². The largest absolute Gasteiger partial charge is 0.490 e. The molecule has 1 aromatic carbocycles. The number of hydrogen-bond acceptors (Lipinski definition) is 1. The lowest BCUT2D eigenvalue weighted by atomic mass is 10.3. The van der Waals surface area contributed by atoms with Gasteiger partial charge in [-0.1, -0.05) is 23.8 Å². The van der Waals surface area contributed by atoms with Gasteiger partial charge in [0.15, 0.2) is 0 Å². The third kappa shape index (κ3) is 4.20. The summed E-state index contributed by atoms with van der Waals surface area (Å²) in [5, 5.41) is 0.712. The summed E-state index contributed by atoms with van der Waals surface area (Å²) in [5.74, 6) is 1.33. The van der Waals surface area contributed by atoms with Crippen molar-refractivity contribution in [3.63, 3.8) is 0 Å². The van der Waals surface area contributed by atoms with Gasteiger partial charge in [0, 0.05) is 10.9 Å². The third-order valence-corrected chi connectivity index (χ3v) is 1.85. The van der Waals surface area contributed by atoms with Crippen LogP contribution < -0.4 is 4.74 Å². The zero-order valence-corrected chi connectivity index (χ0v) is 8.55. The number of allylic oxidation sites excluding steroid dienone is 1. The third-order valence-electron chi connectivity index (χ3n) is 1.42. The van der Waals surface area contributed by atoms with E-state index in [2.05, 4.69) is 0 Å². The fraction of sp³-hybridized carbons (Fsp3) is 0.200. The van der Waals surface area contributed by atoms with Crippen molar-refractivity contribution in [2.24, 2.45) is 0 Å². The van der Waals surface area contributed by atoms with E-state index in [1.165, 1.54) is 0 Å². The Morgan fingerprint density at radius 2 is 1.85 bits per heavy atom. The van der Waals surface area contributed by atoms with E-state index in [1.807, 2.05) is 24.3 Å². The highest BCUT2D eigenvalue weighted by Crippen LogP contribution is 2.15. The molecule has 3 heteroatoms. The molecule has 1 aromatic rings. The molecule has 0 radical (unpaired) electrons. The number of halogens is 2. The number of alkyl halides is 1. The number of hydrogen-bond donors (Lipinski definition) is 0. The first-order valence-electron chi connectivity index (χ1n) is 3.92. The molecule has 0 amide bonds. The molecular formula is C10H10Cl2O. The summed E-state index contributed by atoms with van der Waals surface area (Å²) < 4.78 is 5.36. The monoisotopic (exact) mass is 216 g/mol. The average molecular weight is 217 g/mol. The normalized spacial score (nSPS) is 10.6. The predicted molar refractivity (Wildman–Crippen MR) is 56.8 cm³/mol. The highest BCUT2D eigenvalue weighted by atomic mass is 35.5. The lowest BCUT2D eigenvalue weighted by Gasteiger charge is -2.01. The Morgan fingerprint density at radius 1 is 1.15 bits per heavy atom. The zero-order chi connectivity index (χ0) is 9.52.